The average Bonchev–Trinajstić information content (AvgIpc) is 2.77. The Kier molecular flexibility index (Phi) is 2.41. The first kappa shape index (κ1) is 10.7. The molecule has 18 heavy (non-hydrogen) atoms. The average molecular weight is 236 g/mol. The van der Waals surface area contributed by atoms with E-state index in [1.54, 1.807) is 12.3 Å². The van der Waals surface area contributed by atoms with Gasteiger partial charge in [-0.3, -0.25) is 4.40 Å². The zero-order chi connectivity index (χ0) is 12.5. The Balaban J connectivity index is 2.61. The topological polar surface area (TPSA) is 43.1 Å². The molecule has 0 unspecified atom stereocenters. The number of hydrogen-bond acceptors (Lipinski definition) is 3. The number of rotatable bonds is 1. The minimum atomic E-state index is 0.712. The maximum atomic E-state index is 4.56. The number of allylic oxidation sites excluding steroid dienone is 1. The highest BCUT2D eigenvalue weighted by Gasteiger charge is 2.05. The lowest BCUT2D eigenvalue weighted by Crippen LogP contribution is -2.26. The Morgan fingerprint density at radius 2 is 2.28 bits per heavy atom. The molecule has 0 spiro atoms. The summed E-state index contributed by atoms with van der Waals surface area (Å²) < 4.78 is 2.01. The van der Waals surface area contributed by atoms with Gasteiger partial charge in [0.25, 0.3) is 0 Å². The van der Waals surface area contributed by atoms with Crippen molar-refractivity contribution in [2.75, 3.05) is 0 Å². The van der Waals surface area contributed by atoms with E-state index < -0.39 is 0 Å². The van der Waals surface area contributed by atoms with Gasteiger partial charge in [-0.05, 0) is 18.2 Å². The van der Waals surface area contributed by atoms with Gasteiger partial charge in [-0.15, -0.1) is 0 Å². The number of aromatic nitrogens is 4. The van der Waals surface area contributed by atoms with E-state index in [1.807, 2.05) is 35.7 Å². The molecule has 3 rings (SSSR count). The van der Waals surface area contributed by atoms with E-state index in [0.29, 0.717) is 5.65 Å². The van der Waals surface area contributed by atoms with Crippen molar-refractivity contribution in [1.29, 1.82) is 0 Å². The van der Waals surface area contributed by atoms with Crippen LogP contribution < -0.4 is 10.4 Å². The molecule has 0 aliphatic heterocycles. The highest BCUT2D eigenvalue weighted by Crippen LogP contribution is 2.08. The van der Waals surface area contributed by atoms with Crippen molar-refractivity contribution < 1.29 is 0 Å². The van der Waals surface area contributed by atoms with Gasteiger partial charge in [0.2, 0.25) is 0 Å². The number of pyridine rings is 1. The van der Waals surface area contributed by atoms with Crippen molar-refractivity contribution in [1.82, 2.24) is 19.4 Å². The van der Waals surface area contributed by atoms with Crippen LogP contribution in [0.3, 0.4) is 0 Å². The van der Waals surface area contributed by atoms with E-state index in [9.17, 15) is 0 Å². The van der Waals surface area contributed by atoms with Crippen molar-refractivity contribution >= 4 is 29.0 Å². The molecule has 3 heterocycles. The van der Waals surface area contributed by atoms with Crippen molar-refractivity contribution in [2.24, 2.45) is 0 Å². The predicted molar refractivity (Wildman–Crippen MR) is 72.3 cm³/mol. The third kappa shape index (κ3) is 1.43. The minimum absolute atomic E-state index is 0.712. The smallest absolute Gasteiger partial charge is 0.181 e. The fourth-order valence-corrected chi connectivity index (χ4v) is 2.12. The van der Waals surface area contributed by atoms with Crippen LogP contribution in [0.2, 0.25) is 0 Å². The molecule has 3 aromatic heterocycles. The molecule has 0 fully saturated rings. The van der Waals surface area contributed by atoms with Crippen LogP contribution in [0.15, 0.2) is 37.4 Å². The van der Waals surface area contributed by atoms with Crippen molar-refractivity contribution in [2.45, 2.75) is 6.92 Å². The van der Waals surface area contributed by atoms with Gasteiger partial charge in [0.1, 0.15) is 17.5 Å². The summed E-state index contributed by atoms with van der Waals surface area (Å²) in [5, 5.41) is 2.18. The van der Waals surface area contributed by atoms with Crippen LogP contribution in [0.5, 0.6) is 0 Å². The maximum absolute atomic E-state index is 4.56. The first-order chi connectivity index (χ1) is 8.85. The van der Waals surface area contributed by atoms with E-state index in [-0.39, 0.29) is 0 Å². The van der Waals surface area contributed by atoms with Gasteiger partial charge in [0, 0.05) is 11.4 Å². The Hall–Kier alpha value is -2.49. The van der Waals surface area contributed by atoms with E-state index in [2.05, 4.69) is 21.5 Å². The summed E-state index contributed by atoms with van der Waals surface area (Å²) in [6.45, 7) is 5.74. The molecule has 0 saturated carbocycles. The Bertz CT molecular complexity index is 859. The summed E-state index contributed by atoms with van der Waals surface area (Å²) in [5.74, 6) is 0. The second-order valence-electron chi connectivity index (χ2n) is 3.91. The molecule has 0 aliphatic rings. The first-order valence-corrected chi connectivity index (χ1v) is 5.71. The van der Waals surface area contributed by atoms with E-state index in [1.165, 1.54) is 6.33 Å². The molecule has 0 bridgehead atoms. The molecule has 3 aromatic rings. The quantitative estimate of drug-likeness (QED) is 0.634. The lowest BCUT2D eigenvalue weighted by atomic mass is 10.2. The van der Waals surface area contributed by atoms with Gasteiger partial charge in [-0.1, -0.05) is 24.8 Å². The first-order valence-electron chi connectivity index (χ1n) is 5.71. The van der Waals surface area contributed by atoms with Crippen LogP contribution in [0.4, 0.5) is 0 Å². The number of fused-ring (bicyclic) bond motifs is 3. The molecule has 88 valence electrons. The van der Waals surface area contributed by atoms with Crippen molar-refractivity contribution in [3.05, 3.63) is 47.9 Å². The standard InChI is InChI=1S/C14H12N4/c1-3-5-10-6-7-18-12-8-15-9-16-13(12)17-14(18)11(10)4-2/h3-9H,1H2,2H3. The summed E-state index contributed by atoms with van der Waals surface area (Å²) in [5.41, 5.74) is 2.52. The third-order valence-corrected chi connectivity index (χ3v) is 2.91. The zero-order valence-electron chi connectivity index (χ0n) is 10.0. The minimum Gasteiger partial charge on any atom is -0.296 e. The summed E-state index contributed by atoms with van der Waals surface area (Å²) >= 11 is 0. The number of imidazole rings is 1. The van der Waals surface area contributed by atoms with E-state index >= 15 is 0 Å². The Labute approximate surface area is 104 Å². The summed E-state index contributed by atoms with van der Waals surface area (Å²) in [7, 11) is 0. The fourth-order valence-electron chi connectivity index (χ4n) is 2.12. The molecule has 0 radical (unpaired) electrons. The highest BCUT2D eigenvalue weighted by molar-refractivity contribution is 5.76. The van der Waals surface area contributed by atoms with Crippen LogP contribution >= 0.6 is 0 Å². The second-order valence-corrected chi connectivity index (χ2v) is 3.91. The van der Waals surface area contributed by atoms with Crippen LogP contribution in [0.25, 0.3) is 29.0 Å². The van der Waals surface area contributed by atoms with Crippen molar-refractivity contribution in [3.63, 3.8) is 0 Å². The molecule has 0 saturated heterocycles. The molecule has 0 atom stereocenters. The Morgan fingerprint density at radius 3 is 3.06 bits per heavy atom. The van der Waals surface area contributed by atoms with Crippen molar-refractivity contribution in [3.8, 4) is 0 Å². The van der Waals surface area contributed by atoms with Gasteiger partial charge < -0.3 is 0 Å². The van der Waals surface area contributed by atoms with Gasteiger partial charge in [0.15, 0.2) is 5.65 Å². The molecule has 0 aromatic carbocycles. The number of hydrogen-bond donors (Lipinski definition) is 0. The maximum Gasteiger partial charge on any atom is 0.181 e. The number of nitrogens with zero attached hydrogens (tertiary/aromatic N) is 4. The molecule has 0 N–H and O–H groups in total. The molecular formula is C14H12N4. The fraction of sp³-hybridized carbons (Fsp3) is 0.0714. The van der Waals surface area contributed by atoms with Crippen LogP contribution in [-0.2, 0) is 0 Å². The highest BCUT2D eigenvalue weighted by atomic mass is 15.1. The zero-order valence-corrected chi connectivity index (χ0v) is 10.0. The largest absolute Gasteiger partial charge is 0.296 e. The van der Waals surface area contributed by atoms with Gasteiger partial charge >= 0.3 is 0 Å². The van der Waals surface area contributed by atoms with Gasteiger partial charge in [-0.2, -0.15) is 0 Å². The molecule has 0 aliphatic carbocycles. The predicted octanol–water partition coefficient (Wildman–Crippen LogP) is 1.04. The van der Waals surface area contributed by atoms with Crippen LogP contribution in [0, 0.1) is 0 Å². The SMILES string of the molecule is C=CC=c1ccn2c(nc3ncncc32)c1=CC. The molecular weight excluding hydrogens is 224 g/mol. The molecule has 0 amide bonds. The Morgan fingerprint density at radius 1 is 1.39 bits per heavy atom. The summed E-state index contributed by atoms with van der Waals surface area (Å²) in [4.78, 5) is 12.8. The monoisotopic (exact) mass is 236 g/mol. The second kappa shape index (κ2) is 4.07. The lowest BCUT2D eigenvalue weighted by Gasteiger charge is -1.96. The summed E-state index contributed by atoms with van der Waals surface area (Å²) in [6, 6.07) is 2.04. The van der Waals surface area contributed by atoms with E-state index in [4.69, 9.17) is 0 Å². The van der Waals surface area contributed by atoms with Crippen LogP contribution in [0.1, 0.15) is 6.92 Å². The summed E-state index contributed by atoms with van der Waals surface area (Å²) in [6.07, 6.45) is 11.1. The van der Waals surface area contributed by atoms with E-state index in [0.717, 1.165) is 21.6 Å². The normalized spacial score (nSPS) is 13.6. The van der Waals surface area contributed by atoms with Gasteiger partial charge in [-0.25, -0.2) is 15.0 Å². The van der Waals surface area contributed by atoms with Crippen LogP contribution in [-0.4, -0.2) is 19.4 Å². The lowest BCUT2D eigenvalue weighted by molar-refractivity contribution is 1.17. The molecule has 4 heteroatoms. The van der Waals surface area contributed by atoms with Gasteiger partial charge in [0.05, 0.1) is 6.20 Å². The molecule has 4 nitrogen and oxygen atoms in total. The third-order valence-electron chi connectivity index (χ3n) is 2.91.